The highest BCUT2D eigenvalue weighted by Gasteiger charge is 2.13. The number of carboxylic acids is 1. The van der Waals surface area contributed by atoms with Crippen LogP contribution in [0.25, 0.3) is 0 Å². The van der Waals surface area contributed by atoms with Gasteiger partial charge in [0.25, 0.3) is 0 Å². The van der Waals surface area contributed by atoms with Crippen LogP contribution in [0.4, 0.5) is 11.4 Å². The van der Waals surface area contributed by atoms with E-state index in [1.165, 1.54) is 30.2 Å². The molecular weight excluding hydrogens is 440 g/mol. The van der Waals surface area contributed by atoms with Crippen LogP contribution in [-0.4, -0.2) is 41.0 Å². The Morgan fingerprint density at radius 3 is 2.36 bits per heavy atom. The number of benzene rings is 2. The zero-order valence-corrected chi connectivity index (χ0v) is 19.2. The number of anilines is 2. The summed E-state index contributed by atoms with van der Waals surface area (Å²) in [5.74, 6) is 0.580. The molecule has 3 aromatic rings. The quantitative estimate of drug-likeness (QED) is 0.418. The summed E-state index contributed by atoms with van der Waals surface area (Å²) in [6, 6.07) is 17.8. The number of hydrogen-bond donors (Lipinski definition) is 3. The zero-order chi connectivity index (χ0) is 22.2. The summed E-state index contributed by atoms with van der Waals surface area (Å²) in [5.41, 5.74) is 3.48. The normalized spacial score (nSPS) is 13.7. The minimum atomic E-state index is -1.11. The second-order valence-corrected chi connectivity index (χ2v) is 8.07. The number of halogens is 1. The highest BCUT2D eigenvalue weighted by atomic mass is 35.5. The fraction of sp³-hybridized carbons (Fsp3) is 0.320. The maximum atomic E-state index is 11.3. The van der Waals surface area contributed by atoms with Crippen molar-refractivity contribution in [3.05, 3.63) is 77.6 Å². The Balaban J connectivity index is 0.00000306. The van der Waals surface area contributed by atoms with Gasteiger partial charge in [-0.3, -0.25) is 0 Å². The lowest BCUT2D eigenvalue weighted by molar-refractivity contribution is 0.0690. The van der Waals surface area contributed by atoms with Gasteiger partial charge >= 0.3 is 5.97 Å². The van der Waals surface area contributed by atoms with E-state index in [9.17, 15) is 9.90 Å². The molecular formula is C25H29ClN4O3. The zero-order valence-electron chi connectivity index (χ0n) is 18.4. The molecule has 0 amide bonds. The first kappa shape index (κ1) is 24.5. The summed E-state index contributed by atoms with van der Waals surface area (Å²) < 4.78 is 5.93. The second-order valence-electron chi connectivity index (χ2n) is 8.07. The Morgan fingerprint density at radius 1 is 1.03 bits per heavy atom. The summed E-state index contributed by atoms with van der Waals surface area (Å²) >= 11 is 0. The van der Waals surface area contributed by atoms with Crippen LogP contribution in [0.5, 0.6) is 5.75 Å². The van der Waals surface area contributed by atoms with E-state index in [0.717, 1.165) is 49.9 Å². The van der Waals surface area contributed by atoms with Crippen LogP contribution >= 0.6 is 12.4 Å². The van der Waals surface area contributed by atoms with Crippen molar-refractivity contribution >= 4 is 29.8 Å². The van der Waals surface area contributed by atoms with Gasteiger partial charge in [-0.2, -0.15) is 5.10 Å². The van der Waals surface area contributed by atoms with E-state index in [-0.39, 0.29) is 18.1 Å². The second kappa shape index (κ2) is 12.2. The van der Waals surface area contributed by atoms with Gasteiger partial charge in [0.1, 0.15) is 5.75 Å². The number of nitrogens with one attached hydrogen (secondary N) is 2. The SMILES string of the molecule is Cl.O=C(O)c1nnccc1Nc1ccc(Cc2ccc(OCCC3CCNCC3)cc2)cc1. The third-order valence-corrected chi connectivity index (χ3v) is 5.74. The van der Waals surface area contributed by atoms with E-state index in [4.69, 9.17) is 4.74 Å². The Hall–Kier alpha value is -3.16. The first-order valence-corrected chi connectivity index (χ1v) is 11.0. The van der Waals surface area contributed by atoms with Crippen LogP contribution in [0.15, 0.2) is 60.8 Å². The third-order valence-electron chi connectivity index (χ3n) is 5.74. The molecule has 1 saturated heterocycles. The molecule has 0 spiro atoms. The number of aromatic carboxylic acids is 1. The molecule has 8 heteroatoms. The summed E-state index contributed by atoms with van der Waals surface area (Å²) in [6.07, 6.45) is 5.89. The highest BCUT2D eigenvalue weighted by molar-refractivity contribution is 5.92. The molecule has 1 aliphatic heterocycles. The lowest BCUT2D eigenvalue weighted by atomic mass is 9.95. The predicted molar refractivity (Wildman–Crippen MR) is 131 cm³/mol. The lowest BCUT2D eigenvalue weighted by Crippen LogP contribution is -2.28. The molecule has 0 bridgehead atoms. The molecule has 174 valence electrons. The van der Waals surface area contributed by atoms with Gasteiger partial charge in [0.05, 0.1) is 18.5 Å². The standard InChI is InChI=1S/C25H28N4O3.ClH/c30-25(31)24-23(11-15-27-29-24)28-21-5-1-19(2-6-21)17-20-3-7-22(8-4-20)32-16-12-18-9-13-26-14-10-18;/h1-8,11,15,18,26H,9-10,12-14,16-17H2,(H,27,28)(H,30,31);1H. The molecule has 7 nitrogen and oxygen atoms in total. The third kappa shape index (κ3) is 7.17. The molecule has 1 aromatic heterocycles. The van der Waals surface area contributed by atoms with Crippen molar-refractivity contribution < 1.29 is 14.6 Å². The number of nitrogens with zero attached hydrogens (tertiary/aromatic N) is 2. The minimum absolute atomic E-state index is 0. The number of hydrogen-bond acceptors (Lipinski definition) is 6. The van der Waals surface area contributed by atoms with Gasteiger partial charge in [-0.1, -0.05) is 24.3 Å². The highest BCUT2D eigenvalue weighted by Crippen LogP contribution is 2.22. The Morgan fingerprint density at radius 2 is 1.70 bits per heavy atom. The van der Waals surface area contributed by atoms with E-state index in [0.29, 0.717) is 5.69 Å². The Bertz CT molecular complexity index is 1020. The predicted octanol–water partition coefficient (Wildman–Crippen LogP) is 4.70. The molecule has 0 unspecified atom stereocenters. The fourth-order valence-corrected chi connectivity index (χ4v) is 3.91. The van der Waals surface area contributed by atoms with E-state index in [2.05, 4.69) is 33.0 Å². The van der Waals surface area contributed by atoms with Crippen LogP contribution in [0.3, 0.4) is 0 Å². The molecule has 0 aliphatic carbocycles. The Labute approximate surface area is 200 Å². The number of rotatable bonds is 9. The average molecular weight is 469 g/mol. The van der Waals surface area contributed by atoms with Crippen molar-refractivity contribution in [2.24, 2.45) is 5.92 Å². The van der Waals surface area contributed by atoms with Crippen molar-refractivity contribution in [2.45, 2.75) is 25.7 Å². The molecule has 2 heterocycles. The number of carbonyl (C=O) groups is 1. The molecule has 33 heavy (non-hydrogen) atoms. The maximum absolute atomic E-state index is 11.3. The first-order chi connectivity index (χ1) is 15.7. The Kier molecular flexibility index (Phi) is 9.04. The molecule has 0 atom stereocenters. The summed E-state index contributed by atoms with van der Waals surface area (Å²) in [7, 11) is 0. The van der Waals surface area contributed by atoms with Crippen LogP contribution in [0.1, 0.15) is 40.9 Å². The van der Waals surface area contributed by atoms with Crippen molar-refractivity contribution in [3.63, 3.8) is 0 Å². The number of carboxylic acid groups (broad SMARTS) is 1. The van der Waals surface area contributed by atoms with E-state index in [1.807, 2.05) is 36.4 Å². The smallest absolute Gasteiger partial charge is 0.358 e. The van der Waals surface area contributed by atoms with Gasteiger partial charge in [0.15, 0.2) is 5.69 Å². The molecule has 3 N–H and O–H groups in total. The van der Waals surface area contributed by atoms with Crippen LogP contribution in [-0.2, 0) is 6.42 Å². The van der Waals surface area contributed by atoms with Crippen molar-refractivity contribution in [2.75, 3.05) is 25.0 Å². The molecule has 2 aromatic carbocycles. The van der Waals surface area contributed by atoms with Crippen LogP contribution in [0.2, 0.25) is 0 Å². The molecule has 4 rings (SSSR count). The number of ether oxygens (including phenoxy) is 1. The first-order valence-electron chi connectivity index (χ1n) is 11.0. The van der Waals surface area contributed by atoms with E-state index >= 15 is 0 Å². The van der Waals surface area contributed by atoms with Crippen molar-refractivity contribution in [1.82, 2.24) is 15.5 Å². The number of piperidine rings is 1. The van der Waals surface area contributed by atoms with Crippen molar-refractivity contribution in [1.29, 1.82) is 0 Å². The average Bonchev–Trinajstić information content (AvgIpc) is 2.82. The number of aromatic nitrogens is 2. The minimum Gasteiger partial charge on any atom is -0.494 e. The lowest BCUT2D eigenvalue weighted by Gasteiger charge is -2.22. The van der Waals surface area contributed by atoms with Gasteiger partial charge in [-0.15, -0.1) is 17.5 Å². The van der Waals surface area contributed by atoms with E-state index < -0.39 is 5.97 Å². The van der Waals surface area contributed by atoms with Gasteiger partial charge in [-0.05, 0) is 86.1 Å². The molecule has 0 radical (unpaired) electrons. The summed E-state index contributed by atoms with van der Waals surface area (Å²) in [5, 5.41) is 23.0. The fourth-order valence-electron chi connectivity index (χ4n) is 3.91. The maximum Gasteiger partial charge on any atom is 0.358 e. The van der Waals surface area contributed by atoms with Gasteiger partial charge < -0.3 is 20.5 Å². The van der Waals surface area contributed by atoms with Crippen LogP contribution < -0.4 is 15.4 Å². The van der Waals surface area contributed by atoms with E-state index in [1.54, 1.807) is 6.07 Å². The summed E-state index contributed by atoms with van der Waals surface area (Å²) in [4.78, 5) is 11.3. The monoisotopic (exact) mass is 468 g/mol. The topological polar surface area (TPSA) is 96.4 Å². The van der Waals surface area contributed by atoms with Crippen LogP contribution in [0, 0.1) is 5.92 Å². The summed E-state index contributed by atoms with van der Waals surface area (Å²) in [6.45, 7) is 3.02. The molecule has 0 saturated carbocycles. The van der Waals surface area contributed by atoms with Crippen molar-refractivity contribution in [3.8, 4) is 5.75 Å². The van der Waals surface area contributed by atoms with Gasteiger partial charge in [-0.25, -0.2) is 4.79 Å². The largest absolute Gasteiger partial charge is 0.494 e. The molecule has 1 aliphatic rings. The van der Waals surface area contributed by atoms with Gasteiger partial charge in [0, 0.05) is 5.69 Å². The molecule has 1 fully saturated rings. The van der Waals surface area contributed by atoms with Gasteiger partial charge in [0.2, 0.25) is 0 Å².